The van der Waals surface area contributed by atoms with Crippen LogP contribution < -0.4 is 10.5 Å². The van der Waals surface area contributed by atoms with Crippen molar-refractivity contribution in [2.24, 2.45) is 5.73 Å². The zero-order chi connectivity index (χ0) is 14.6. The minimum absolute atomic E-state index is 0.0857. The number of rotatable bonds is 5. The van der Waals surface area contributed by atoms with E-state index < -0.39 is 10.2 Å². The Morgan fingerprint density at radius 2 is 2.25 bits per heavy atom. The van der Waals surface area contributed by atoms with Crippen LogP contribution in [-0.4, -0.2) is 36.8 Å². The van der Waals surface area contributed by atoms with Crippen molar-refractivity contribution in [2.45, 2.75) is 38.8 Å². The summed E-state index contributed by atoms with van der Waals surface area (Å²) in [5.41, 5.74) is 7.43. The minimum atomic E-state index is -3.48. The second kappa shape index (κ2) is 6.62. The molecule has 2 heterocycles. The van der Waals surface area contributed by atoms with Gasteiger partial charge in [-0.25, -0.2) is 0 Å². The second-order valence-corrected chi connectivity index (χ2v) is 6.84. The highest BCUT2D eigenvalue weighted by molar-refractivity contribution is 7.87. The van der Waals surface area contributed by atoms with E-state index in [2.05, 4.69) is 9.71 Å². The molecule has 1 unspecified atom stereocenters. The van der Waals surface area contributed by atoms with Gasteiger partial charge in [0.2, 0.25) is 0 Å². The van der Waals surface area contributed by atoms with Crippen LogP contribution >= 0.6 is 0 Å². The molecule has 1 aliphatic heterocycles. The molecule has 0 amide bonds. The fraction of sp³-hybridized carbons (Fsp3) is 0.615. The molecule has 0 radical (unpaired) electrons. The van der Waals surface area contributed by atoms with Crippen molar-refractivity contribution in [3.63, 3.8) is 0 Å². The topological polar surface area (TPSA) is 88.3 Å². The fourth-order valence-corrected chi connectivity index (χ4v) is 3.85. The Morgan fingerprint density at radius 3 is 2.90 bits per heavy atom. The van der Waals surface area contributed by atoms with E-state index in [0.717, 1.165) is 30.5 Å². The molecule has 2 rings (SSSR count). The summed E-state index contributed by atoms with van der Waals surface area (Å²) >= 11 is 0. The number of hydrogen-bond donors (Lipinski definition) is 2. The molecule has 0 saturated carbocycles. The molecule has 1 saturated heterocycles. The van der Waals surface area contributed by atoms with E-state index in [1.165, 1.54) is 4.31 Å². The first-order valence-corrected chi connectivity index (χ1v) is 8.35. The molecule has 1 aromatic rings. The first-order chi connectivity index (χ1) is 9.53. The van der Waals surface area contributed by atoms with E-state index in [0.29, 0.717) is 13.1 Å². The molecule has 1 aliphatic rings. The van der Waals surface area contributed by atoms with Crippen LogP contribution in [0.3, 0.4) is 0 Å². The maximum absolute atomic E-state index is 12.3. The molecular formula is C13H22N4O2S. The summed E-state index contributed by atoms with van der Waals surface area (Å²) in [6.07, 6.45) is 4.46. The zero-order valence-corrected chi connectivity index (χ0v) is 12.6. The number of nitrogens with two attached hydrogens (primary N) is 1. The number of hydrogen-bond acceptors (Lipinski definition) is 4. The molecule has 0 aliphatic carbocycles. The Balaban J connectivity index is 2.01. The van der Waals surface area contributed by atoms with Gasteiger partial charge in [0.15, 0.2) is 0 Å². The van der Waals surface area contributed by atoms with Crippen molar-refractivity contribution in [1.29, 1.82) is 0 Å². The van der Waals surface area contributed by atoms with E-state index in [-0.39, 0.29) is 12.6 Å². The van der Waals surface area contributed by atoms with Gasteiger partial charge in [-0.2, -0.15) is 17.4 Å². The van der Waals surface area contributed by atoms with E-state index >= 15 is 0 Å². The summed E-state index contributed by atoms with van der Waals surface area (Å²) < 4.78 is 28.8. The van der Waals surface area contributed by atoms with Crippen molar-refractivity contribution >= 4 is 10.2 Å². The fourth-order valence-electron chi connectivity index (χ4n) is 2.39. The Morgan fingerprint density at radius 1 is 1.45 bits per heavy atom. The van der Waals surface area contributed by atoms with Gasteiger partial charge in [0, 0.05) is 37.6 Å². The Kier molecular flexibility index (Phi) is 5.09. The number of nitrogens with zero attached hydrogens (tertiary/aromatic N) is 2. The van der Waals surface area contributed by atoms with E-state index in [9.17, 15) is 8.42 Å². The summed E-state index contributed by atoms with van der Waals surface area (Å²) in [6, 6.07) is 3.66. The number of aryl methyl sites for hydroxylation is 1. The smallest absolute Gasteiger partial charge is 0.280 e. The second-order valence-electron chi connectivity index (χ2n) is 5.13. The summed E-state index contributed by atoms with van der Waals surface area (Å²) in [7, 11) is -3.48. The summed E-state index contributed by atoms with van der Waals surface area (Å²) in [5, 5.41) is 0. The van der Waals surface area contributed by atoms with Crippen LogP contribution in [0, 0.1) is 6.92 Å². The lowest BCUT2D eigenvalue weighted by atomic mass is 10.1. The standard InChI is InChI=1S/C13H22N4O2S/c1-11-5-6-12(9-15-11)10-16-20(18,19)17-7-3-2-4-13(17)8-14/h5-6,9,13,16H,2-4,7-8,10,14H2,1H3. The first kappa shape index (κ1) is 15.4. The monoisotopic (exact) mass is 298 g/mol. The molecule has 0 aromatic carbocycles. The third kappa shape index (κ3) is 3.76. The van der Waals surface area contributed by atoms with Crippen LogP contribution in [-0.2, 0) is 16.8 Å². The molecule has 1 fully saturated rings. The van der Waals surface area contributed by atoms with Gasteiger partial charge in [0.1, 0.15) is 0 Å². The highest BCUT2D eigenvalue weighted by Gasteiger charge is 2.30. The van der Waals surface area contributed by atoms with E-state index in [4.69, 9.17) is 5.73 Å². The predicted octanol–water partition coefficient (Wildman–Crippen LogP) is 0.538. The van der Waals surface area contributed by atoms with Crippen molar-refractivity contribution in [3.05, 3.63) is 29.6 Å². The molecule has 0 spiro atoms. The Hall–Kier alpha value is -1.02. The Labute approximate surface area is 120 Å². The van der Waals surface area contributed by atoms with Gasteiger partial charge in [-0.3, -0.25) is 4.98 Å². The first-order valence-electron chi connectivity index (χ1n) is 6.91. The summed E-state index contributed by atoms with van der Waals surface area (Å²) in [4.78, 5) is 4.16. The lowest BCUT2D eigenvalue weighted by molar-refractivity contribution is 0.254. The third-order valence-corrected chi connectivity index (χ3v) is 5.19. The van der Waals surface area contributed by atoms with E-state index in [1.54, 1.807) is 6.20 Å². The lowest BCUT2D eigenvalue weighted by Crippen LogP contribution is -2.51. The van der Waals surface area contributed by atoms with Crippen LogP contribution in [0.4, 0.5) is 0 Å². The molecule has 1 atom stereocenters. The van der Waals surface area contributed by atoms with Crippen molar-refractivity contribution < 1.29 is 8.42 Å². The predicted molar refractivity (Wildman–Crippen MR) is 78.1 cm³/mol. The number of aromatic nitrogens is 1. The Bertz CT molecular complexity index is 530. The lowest BCUT2D eigenvalue weighted by Gasteiger charge is -2.33. The van der Waals surface area contributed by atoms with Gasteiger partial charge in [0.25, 0.3) is 10.2 Å². The van der Waals surface area contributed by atoms with Crippen molar-refractivity contribution in [2.75, 3.05) is 13.1 Å². The molecule has 112 valence electrons. The normalized spacial score (nSPS) is 21.0. The van der Waals surface area contributed by atoms with Crippen LogP contribution in [0.5, 0.6) is 0 Å². The summed E-state index contributed by atoms with van der Waals surface area (Å²) in [5.74, 6) is 0. The van der Waals surface area contributed by atoms with Gasteiger partial charge >= 0.3 is 0 Å². The van der Waals surface area contributed by atoms with Crippen LogP contribution in [0.25, 0.3) is 0 Å². The zero-order valence-electron chi connectivity index (χ0n) is 11.7. The van der Waals surface area contributed by atoms with Crippen LogP contribution in [0.2, 0.25) is 0 Å². The van der Waals surface area contributed by atoms with Gasteiger partial charge in [-0.05, 0) is 31.4 Å². The molecule has 6 nitrogen and oxygen atoms in total. The van der Waals surface area contributed by atoms with Crippen molar-refractivity contribution in [1.82, 2.24) is 14.0 Å². The van der Waals surface area contributed by atoms with E-state index in [1.807, 2.05) is 19.1 Å². The summed E-state index contributed by atoms with van der Waals surface area (Å²) in [6.45, 7) is 3.06. The van der Waals surface area contributed by atoms with Gasteiger partial charge < -0.3 is 5.73 Å². The highest BCUT2D eigenvalue weighted by atomic mass is 32.2. The largest absolute Gasteiger partial charge is 0.329 e. The van der Waals surface area contributed by atoms with Crippen LogP contribution in [0.1, 0.15) is 30.5 Å². The quantitative estimate of drug-likeness (QED) is 0.830. The molecule has 1 aromatic heterocycles. The number of piperidine rings is 1. The maximum Gasteiger partial charge on any atom is 0.280 e. The average Bonchev–Trinajstić information content (AvgIpc) is 2.46. The number of pyridine rings is 1. The highest BCUT2D eigenvalue weighted by Crippen LogP contribution is 2.19. The minimum Gasteiger partial charge on any atom is -0.329 e. The molecule has 0 bridgehead atoms. The SMILES string of the molecule is Cc1ccc(CNS(=O)(=O)N2CCCCC2CN)cn1. The molecule has 7 heteroatoms. The van der Waals surface area contributed by atoms with Crippen LogP contribution in [0.15, 0.2) is 18.3 Å². The molecule has 20 heavy (non-hydrogen) atoms. The maximum atomic E-state index is 12.3. The van der Waals surface area contributed by atoms with Gasteiger partial charge in [0.05, 0.1) is 0 Å². The average molecular weight is 298 g/mol. The molecular weight excluding hydrogens is 276 g/mol. The van der Waals surface area contributed by atoms with Gasteiger partial charge in [-0.15, -0.1) is 0 Å². The van der Waals surface area contributed by atoms with Crippen molar-refractivity contribution in [3.8, 4) is 0 Å². The van der Waals surface area contributed by atoms with Gasteiger partial charge in [-0.1, -0.05) is 12.5 Å². The molecule has 3 N–H and O–H groups in total. The number of nitrogens with one attached hydrogen (secondary N) is 1. The third-order valence-electron chi connectivity index (χ3n) is 3.59.